The Morgan fingerprint density at radius 3 is 2.78 bits per heavy atom. The first-order valence-electron chi connectivity index (χ1n) is 8.71. The normalized spacial score (nSPS) is 11.3. The van der Waals surface area contributed by atoms with Gasteiger partial charge in [0.2, 0.25) is 0 Å². The molecule has 4 rings (SSSR count). The smallest absolute Gasteiger partial charge is 0.343 e. The number of furan rings is 1. The quantitative estimate of drug-likeness (QED) is 0.501. The molecule has 0 radical (unpaired) electrons. The first-order valence-corrected chi connectivity index (χ1v) is 8.71. The van der Waals surface area contributed by atoms with Crippen molar-refractivity contribution in [2.24, 2.45) is 0 Å². The first kappa shape index (κ1) is 17.0. The van der Waals surface area contributed by atoms with Gasteiger partial charge in [-0.2, -0.15) is 0 Å². The lowest BCUT2D eigenvalue weighted by Crippen LogP contribution is -2.26. The number of aromatic nitrogens is 2. The van der Waals surface area contributed by atoms with Crippen LogP contribution in [0.5, 0.6) is 5.75 Å². The summed E-state index contributed by atoms with van der Waals surface area (Å²) in [6, 6.07) is 12.9. The maximum Gasteiger partial charge on any atom is 0.343 e. The number of rotatable bonds is 4. The lowest BCUT2D eigenvalue weighted by atomic mass is 10.2. The Balaban J connectivity index is 1.65. The Hall–Kier alpha value is -3.41. The molecule has 0 unspecified atom stereocenters. The van der Waals surface area contributed by atoms with Crippen LogP contribution in [0, 0.1) is 0 Å². The number of benzene rings is 2. The van der Waals surface area contributed by atoms with Crippen molar-refractivity contribution in [2.75, 3.05) is 11.9 Å². The highest BCUT2D eigenvalue weighted by Gasteiger charge is 2.15. The lowest BCUT2D eigenvalue weighted by molar-refractivity contribution is 0.0735. The van der Waals surface area contributed by atoms with Crippen LogP contribution in [0.4, 0.5) is 5.82 Å². The maximum atomic E-state index is 12.6. The summed E-state index contributed by atoms with van der Waals surface area (Å²) in [5.74, 6) is 0.687. The molecule has 136 valence electrons. The van der Waals surface area contributed by atoms with E-state index in [1.165, 1.54) is 6.26 Å². The van der Waals surface area contributed by atoms with Gasteiger partial charge in [-0.05, 0) is 44.2 Å². The van der Waals surface area contributed by atoms with Crippen LogP contribution in [0.1, 0.15) is 24.2 Å². The van der Waals surface area contributed by atoms with E-state index in [1.54, 1.807) is 24.4 Å². The van der Waals surface area contributed by atoms with Gasteiger partial charge in [0, 0.05) is 13.1 Å². The number of carbonyl (C=O) groups is 1. The first-order chi connectivity index (χ1) is 13.0. The fraction of sp³-hybridized carbons (Fsp3) is 0.190. The SMILES string of the molecule is CC(C)N(C)c1cnc2ccc(C(=O)Oc3coc4ccccc34)cc2n1. The van der Waals surface area contributed by atoms with Gasteiger partial charge in [0.15, 0.2) is 5.75 Å². The van der Waals surface area contributed by atoms with Crippen molar-refractivity contribution in [3.63, 3.8) is 0 Å². The van der Waals surface area contributed by atoms with Crippen LogP contribution < -0.4 is 9.64 Å². The highest BCUT2D eigenvalue weighted by molar-refractivity contribution is 5.97. The Labute approximate surface area is 156 Å². The van der Waals surface area contributed by atoms with Crippen molar-refractivity contribution in [1.29, 1.82) is 0 Å². The molecule has 0 amide bonds. The standard InChI is InChI=1S/C21H19N3O3/c1-13(2)24(3)20-11-22-16-9-8-14(10-17(16)23-20)21(25)27-19-12-26-18-7-5-4-6-15(18)19/h4-13H,1-3H3. The maximum absolute atomic E-state index is 12.6. The molecule has 6 heteroatoms. The second-order valence-electron chi connectivity index (χ2n) is 6.62. The summed E-state index contributed by atoms with van der Waals surface area (Å²) < 4.78 is 10.9. The summed E-state index contributed by atoms with van der Waals surface area (Å²) in [4.78, 5) is 23.7. The fourth-order valence-electron chi connectivity index (χ4n) is 2.75. The van der Waals surface area contributed by atoms with Crippen molar-refractivity contribution in [3.8, 4) is 5.75 Å². The molecule has 2 heterocycles. The fourth-order valence-corrected chi connectivity index (χ4v) is 2.75. The molecule has 0 bridgehead atoms. The summed E-state index contributed by atoms with van der Waals surface area (Å²) in [5, 5.41) is 0.757. The van der Waals surface area contributed by atoms with E-state index in [9.17, 15) is 4.79 Å². The Morgan fingerprint density at radius 2 is 1.96 bits per heavy atom. The van der Waals surface area contributed by atoms with Gasteiger partial charge in [-0.3, -0.25) is 4.98 Å². The molecular formula is C21H19N3O3. The zero-order chi connectivity index (χ0) is 19.0. The monoisotopic (exact) mass is 361 g/mol. The van der Waals surface area contributed by atoms with Crippen molar-refractivity contribution in [3.05, 3.63) is 60.5 Å². The number of carbonyl (C=O) groups excluding carboxylic acids is 1. The van der Waals surface area contributed by atoms with Gasteiger partial charge < -0.3 is 14.1 Å². The Morgan fingerprint density at radius 1 is 1.15 bits per heavy atom. The van der Waals surface area contributed by atoms with Gasteiger partial charge in [0.05, 0.1) is 28.2 Å². The zero-order valence-electron chi connectivity index (χ0n) is 15.3. The van der Waals surface area contributed by atoms with E-state index in [0.717, 1.165) is 16.7 Å². The minimum absolute atomic E-state index is 0.291. The molecule has 0 aliphatic rings. The van der Waals surface area contributed by atoms with Crippen LogP contribution in [0.15, 0.2) is 59.3 Å². The summed E-state index contributed by atoms with van der Waals surface area (Å²) in [6.07, 6.45) is 3.18. The second-order valence-corrected chi connectivity index (χ2v) is 6.62. The number of esters is 1. The molecule has 2 aromatic carbocycles. The molecule has 0 aliphatic carbocycles. The van der Waals surface area contributed by atoms with E-state index in [4.69, 9.17) is 9.15 Å². The number of para-hydroxylation sites is 1. The Kier molecular flexibility index (Phi) is 4.24. The van der Waals surface area contributed by atoms with Gasteiger partial charge in [0.1, 0.15) is 17.7 Å². The summed E-state index contributed by atoms with van der Waals surface area (Å²) in [7, 11) is 1.96. The van der Waals surface area contributed by atoms with E-state index in [-0.39, 0.29) is 0 Å². The van der Waals surface area contributed by atoms with Crippen molar-refractivity contribution >= 4 is 33.8 Å². The number of hydrogen-bond acceptors (Lipinski definition) is 6. The van der Waals surface area contributed by atoms with Crippen LogP contribution in [0.2, 0.25) is 0 Å². The molecule has 4 aromatic rings. The van der Waals surface area contributed by atoms with Gasteiger partial charge in [-0.25, -0.2) is 9.78 Å². The zero-order valence-corrected chi connectivity index (χ0v) is 15.3. The molecule has 0 fully saturated rings. The third kappa shape index (κ3) is 3.21. The number of ether oxygens (including phenoxy) is 1. The lowest BCUT2D eigenvalue weighted by Gasteiger charge is -2.22. The molecule has 2 aromatic heterocycles. The van der Waals surface area contributed by atoms with Crippen LogP contribution in [0.25, 0.3) is 22.0 Å². The van der Waals surface area contributed by atoms with Crippen LogP contribution >= 0.6 is 0 Å². The minimum Gasteiger partial charge on any atom is -0.460 e. The van der Waals surface area contributed by atoms with Gasteiger partial charge in [-0.1, -0.05) is 12.1 Å². The van der Waals surface area contributed by atoms with E-state index >= 15 is 0 Å². The second kappa shape index (κ2) is 6.72. The predicted octanol–water partition coefficient (Wildman–Crippen LogP) is 4.44. The molecule has 0 atom stereocenters. The molecule has 0 N–H and O–H groups in total. The average molecular weight is 361 g/mol. The van der Waals surface area contributed by atoms with E-state index < -0.39 is 5.97 Å². The third-order valence-electron chi connectivity index (χ3n) is 4.55. The van der Waals surface area contributed by atoms with Gasteiger partial charge >= 0.3 is 5.97 Å². The summed E-state index contributed by atoms with van der Waals surface area (Å²) in [5.41, 5.74) is 2.45. The van der Waals surface area contributed by atoms with Crippen LogP contribution in [0.3, 0.4) is 0 Å². The molecule has 6 nitrogen and oxygen atoms in total. The highest BCUT2D eigenvalue weighted by Crippen LogP contribution is 2.28. The minimum atomic E-state index is -0.465. The number of nitrogens with zero attached hydrogens (tertiary/aromatic N) is 3. The average Bonchev–Trinajstić information content (AvgIpc) is 3.09. The van der Waals surface area contributed by atoms with Crippen molar-refractivity contribution in [1.82, 2.24) is 9.97 Å². The van der Waals surface area contributed by atoms with E-state index in [0.29, 0.717) is 28.5 Å². The van der Waals surface area contributed by atoms with Crippen molar-refractivity contribution in [2.45, 2.75) is 19.9 Å². The van der Waals surface area contributed by atoms with Gasteiger partial charge in [0.25, 0.3) is 0 Å². The summed E-state index contributed by atoms with van der Waals surface area (Å²) >= 11 is 0. The van der Waals surface area contributed by atoms with Crippen molar-refractivity contribution < 1.29 is 13.9 Å². The number of fused-ring (bicyclic) bond motifs is 2. The Bertz CT molecular complexity index is 1130. The largest absolute Gasteiger partial charge is 0.460 e. The summed E-state index contributed by atoms with van der Waals surface area (Å²) in [6.45, 7) is 4.16. The van der Waals surface area contributed by atoms with Crippen LogP contribution in [-0.2, 0) is 0 Å². The van der Waals surface area contributed by atoms with Crippen LogP contribution in [-0.4, -0.2) is 29.0 Å². The third-order valence-corrected chi connectivity index (χ3v) is 4.55. The molecular weight excluding hydrogens is 342 g/mol. The molecule has 0 aliphatic heterocycles. The van der Waals surface area contributed by atoms with Gasteiger partial charge in [-0.15, -0.1) is 0 Å². The predicted molar refractivity (Wildman–Crippen MR) is 104 cm³/mol. The molecule has 0 saturated heterocycles. The highest BCUT2D eigenvalue weighted by atomic mass is 16.5. The molecule has 0 saturated carbocycles. The topological polar surface area (TPSA) is 68.5 Å². The van der Waals surface area contributed by atoms with E-state index in [1.807, 2.05) is 36.2 Å². The van der Waals surface area contributed by atoms with E-state index in [2.05, 4.69) is 23.8 Å². The number of hydrogen-bond donors (Lipinski definition) is 0. The number of anilines is 1. The molecule has 27 heavy (non-hydrogen) atoms. The molecule has 0 spiro atoms.